The number of hydrogen-bond acceptors (Lipinski definition) is 4. The van der Waals surface area contributed by atoms with E-state index in [4.69, 9.17) is 4.42 Å². The minimum Gasteiger partial charge on any atom is -0.506 e. The molecule has 1 aromatic heterocycles. The highest BCUT2D eigenvalue weighted by Gasteiger charge is 2.17. The fourth-order valence-electron chi connectivity index (χ4n) is 3.61. The Hall–Kier alpha value is -3.03. The Morgan fingerprint density at radius 3 is 2.25 bits per heavy atom. The Morgan fingerprint density at radius 2 is 1.47 bits per heavy atom. The van der Waals surface area contributed by atoms with Crippen LogP contribution in [0.1, 0.15) is 0 Å². The molecule has 0 radical (unpaired) electrons. The van der Waals surface area contributed by atoms with Crippen LogP contribution in [0.5, 0.6) is 5.75 Å². The number of halogens is 1. The largest absolute Gasteiger partial charge is 0.506 e. The summed E-state index contributed by atoms with van der Waals surface area (Å²) in [6, 6.07) is 31.4. The molecule has 0 unspecified atom stereocenters. The molecule has 0 aliphatic heterocycles. The maximum atomic E-state index is 12.8. The highest BCUT2D eigenvalue weighted by Crippen LogP contribution is 2.38. The summed E-state index contributed by atoms with van der Waals surface area (Å²) in [6.45, 7) is 0. The quantitative estimate of drug-likeness (QED) is 0.235. The van der Waals surface area contributed by atoms with Crippen LogP contribution in [0, 0.1) is 3.57 Å². The second kappa shape index (κ2) is 8.84. The van der Waals surface area contributed by atoms with Crippen molar-refractivity contribution < 1.29 is 9.52 Å². The highest BCUT2D eigenvalue weighted by atomic mass is 127. The molecular formula is C27H17IO3S. The highest BCUT2D eigenvalue weighted by molar-refractivity contribution is 14.1. The van der Waals surface area contributed by atoms with Gasteiger partial charge in [-0.05, 0) is 56.6 Å². The summed E-state index contributed by atoms with van der Waals surface area (Å²) >= 11 is 3.46. The van der Waals surface area contributed by atoms with E-state index in [0.29, 0.717) is 5.76 Å². The van der Waals surface area contributed by atoms with Crippen molar-refractivity contribution in [3.8, 4) is 28.2 Å². The Kier molecular flexibility index (Phi) is 5.76. The van der Waals surface area contributed by atoms with E-state index in [9.17, 15) is 9.90 Å². The van der Waals surface area contributed by atoms with Gasteiger partial charge in [0.15, 0.2) is 0 Å². The Bertz CT molecular complexity index is 1490. The SMILES string of the molecule is O=c1oc(-c2cccc(-c3ccccc3)c2I)cc(O)c1Sc1ccc2ccccc2c1. The molecule has 4 aromatic carbocycles. The number of benzene rings is 4. The van der Waals surface area contributed by atoms with E-state index in [1.807, 2.05) is 91.0 Å². The monoisotopic (exact) mass is 548 g/mol. The van der Waals surface area contributed by atoms with Crippen LogP contribution in [0.15, 0.2) is 116 Å². The van der Waals surface area contributed by atoms with Gasteiger partial charge in [-0.25, -0.2) is 4.79 Å². The summed E-state index contributed by atoms with van der Waals surface area (Å²) in [5.74, 6) is 0.257. The van der Waals surface area contributed by atoms with E-state index >= 15 is 0 Å². The normalized spacial score (nSPS) is 11.0. The number of hydrogen-bond donors (Lipinski definition) is 1. The van der Waals surface area contributed by atoms with E-state index in [0.717, 1.165) is 35.9 Å². The van der Waals surface area contributed by atoms with E-state index in [1.165, 1.54) is 17.8 Å². The first kappa shape index (κ1) is 20.8. The molecule has 0 fully saturated rings. The molecule has 5 aromatic rings. The van der Waals surface area contributed by atoms with Gasteiger partial charge in [-0.15, -0.1) is 0 Å². The molecule has 1 N–H and O–H groups in total. The van der Waals surface area contributed by atoms with Crippen molar-refractivity contribution in [1.82, 2.24) is 0 Å². The molecule has 0 saturated carbocycles. The molecule has 5 rings (SSSR count). The fourth-order valence-corrected chi connectivity index (χ4v) is 5.39. The number of aromatic hydroxyl groups is 1. The summed E-state index contributed by atoms with van der Waals surface area (Å²) in [5, 5.41) is 12.9. The predicted octanol–water partition coefficient (Wildman–Crippen LogP) is 7.59. The maximum absolute atomic E-state index is 12.8. The lowest BCUT2D eigenvalue weighted by atomic mass is 10.0. The summed E-state index contributed by atoms with van der Waals surface area (Å²) < 4.78 is 6.62. The van der Waals surface area contributed by atoms with E-state index < -0.39 is 5.63 Å². The second-order valence-corrected chi connectivity index (χ2v) is 9.42. The molecule has 32 heavy (non-hydrogen) atoms. The van der Waals surface area contributed by atoms with Crippen LogP contribution >= 0.6 is 34.4 Å². The molecule has 0 atom stereocenters. The van der Waals surface area contributed by atoms with Crippen LogP contribution in [0.3, 0.4) is 0 Å². The molecule has 0 spiro atoms. The van der Waals surface area contributed by atoms with Gasteiger partial charge in [0.2, 0.25) is 0 Å². The second-order valence-electron chi connectivity index (χ2n) is 7.26. The van der Waals surface area contributed by atoms with Gasteiger partial charge in [0.25, 0.3) is 0 Å². The van der Waals surface area contributed by atoms with Crippen molar-refractivity contribution in [3.63, 3.8) is 0 Å². The third-order valence-corrected chi connectivity index (χ3v) is 7.41. The van der Waals surface area contributed by atoms with Crippen molar-refractivity contribution in [2.24, 2.45) is 0 Å². The standard InChI is InChI=1S/C27H17IO3S/c28-25-21(18-8-2-1-3-9-18)11-6-12-22(25)24-16-23(29)26(27(30)31-24)32-20-14-13-17-7-4-5-10-19(17)15-20/h1-16,29H. The molecule has 1 heterocycles. The number of fused-ring (bicyclic) bond motifs is 1. The zero-order chi connectivity index (χ0) is 22.1. The minimum absolute atomic E-state index is 0.0877. The molecule has 5 heteroatoms. The van der Waals surface area contributed by atoms with Crippen molar-refractivity contribution in [2.45, 2.75) is 9.79 Å². The van der Waals surface area contributed by atoms with Crippen molar-refractivity contribution in [3.05, 3.63) is 111 Å². The molecule has 156 valence electrons. The third kappa shape index (κ3) is 4.06. The maximum Gasteiger partial charge on any atom is 0.354 e. The Balaban J connectivity index is 1.52. The summed E-state index contributed by atoms with van der Waals surface area (Å²) in [4.78, 5) is 13.9. The molecule has 0 saturated heterocycles. The minimum atomic E-state index is -0.556. The van der Waals surface area contributed by atoms with Crippen molar-refractivity contribution in [1.29, 1.82) is 0 Å². The lowest BCUT2D eigenvalue weighted by molar-refractivity contribution is 0.430. The van der Waals surface area contributed by atoms with Gasteiger partial charge in [0, 0.05) is 20.1 Å². The molecule has 3 nitrogen and oxygen atoms in total. The first-order valence-electron chi connectivity index (χ1n) is 9.98. The van der Waals surface area contributed by atoms with Gasteiger partial charge in [-0.1, -0.05) is 90.6 Å². The summed E-state index contributed by atoms with van der Waals surface area (Å²) in [7, 11) is 0. The van der Waals surface area contributed by atoms with E-state index in [1.54, 1.807) is 0 Å². The zero-order valence-corrected chi connectivity index (χ0v) is 19.8. The average molecular weight is 548 g/mol. The Morgan fingerprint density at radius 1 is 0.750 bits per heavy atom. The smallest absolute Gasteiger partial charge is 0.354 e. The van der Waals surface area contributed by atoms with E-state index in [2.05, 4.69) is 22.6 Å². The van der Waals surface area contributed by atoms with Gasteiger partial charge in [0.05, 0.1) is 0 Å². The number of rotatable bonds is 4. The van der Waals surface area contributed by atoms with Gasteiger partial charge >= 0.3 is 5.63 Å². The average Bonchev–Trinajstić information content (AvgIpc) is 2.82. The molecular weight excluding hydrogens is 531 g/mol. The molecule has 0 amide bonds. The van der Waals surface area contributed by atoms with Crippen LogP contribution < -0.4 is 5.63 Å². The molecule has 0 bridgehead atoms. The summed E-state index contributed by atoms with van der Waals surface area (Å²) in [5.41, 5.74) is 2.33. The Labute approximate surface area is 202 Å². The van der Waals surface area contributed by atoms with Gasteiger partial charge in [0.1, 0.15) is 16.4 Å². The fraction of sp³-hybridized carbons (Fsp3) is 0. The van der Waals surface area contributed by atoms with Crippen LogP contribution in [0.2, 0.25) is 0 Å². The molecule has 0 aliphatic rings. The zero-order valence-electron chi connectivity index (χ0n) is 16.8. The van der Waals surface area contributed by atoms with E-state index in [-0.39, 0.29) is 10.6 Å². The lowest BCUT2D eigenvalue weighted by Crippen LogP contribution is -2.03. The van der Waals surface area contributed by atoms with Crippen molar-refractivity contribution in [2.75, 3.05) is 0 Å². The summed E-state index contributed by atoms with van der Waals surface area (Å²) in [6.07, 6.45) is 0. The van der Waals surface area contributed by atoms with Gasteiger partial charge < -0.3 is 9.52 Å². The molecule has 0 aliphatic carbocycles. The first-order valence-corrected chi connectivity index (χ1v) is 11.9. The van der Waals surface area contributed by atoms with Gasteiger partial charge in [-0.2, -0.15) is 0 Å². The van der Waals surface area contributed by atoms with Gasteiger partial charge in [-0.3, -0.25) is 0 Å². The van der Waals surface area contributed by atoms with Crippen LogP contribution in [-0.4, -0.2) is 5.11 Å². The topological polar surface area (TPSA) is 50.4 Å². The van der Waals surface area contributed by atoms with Crippen LogP contribution in [-0.2, 0) is 0 Å². The lowest BCUT2D eigenvalue weighted by Gasteiger charge is -2.11. The third-order valence-electron chi connectivity index (χ3n) is 5.18. The van der Waals surface area contributed by atoms with Crippen molar-refractivity contribution >= 4 is 45.1 Å². The van der Waals surface area contributed by atoms with Crippen LogP contribution in [0.4, 0.5) is 0 Å². The predicted molar refractivity (Wildman–Crippen MR) is 138 cm³/mol. The van der Waals surface area contributed by atoms with Crippen LogP contribution in [0.25, 0.3) is 33.2 Å². The first-order chi connectivity index (χ1) is 15.6.